The monoisotopic (exact) mass is 228 g/mol. The summed E-state index contributed by atoms with van der Waals surface area (Å²) >= 11 is 5.53. The van der Waals surface area contributed by atoms with Gasteiger partial charge in [-0.25, -0.2) is 0 Å². The summed E-state index contributed by atoms with van der Waals surface area (Å²) < 4.78 is 5.46. The van der Waals surface area contributed by atoms with E-state index >= 15 is 0 Å². The van der Waals surface area contributed by atoms with Gasteiger partial charge in [0.1, 0.15) is 5.75 Å². The number of halogens is 1. The van der Waals surface area contributed by atoms with Gasteiger partial charge in [-0.15, -0.1) is 11.6 Å². The third-order valence-electron chi connectivity index (χ3n) is 2.05. The van der Waals surface area contributed by atoms with Gasteiger partial charge < -0.3 is 14.8 Å². The van der Waals surface area contributed by atoms with Gasteiger partial charge in [-0.05, 0) is 30.4 Å². The van der Waals surface area contributed by atoms with E-state index in [0.717, 1.165) is 12.0 Å². The Balaban J connectivity index is 2.72. The lowest BCUT2D eigenvalue weighted by Gasteiger charge is -2.10. The van der Waals surface area contributed by atoms with Crippen molar-refractivity contribution in [2.24, 2.45) is 0 Å². The molecule has 82 valence electrons. The van der Waals surface area contributed by atoms with Crippen LogP contribution in [0.15, 0.2) is 18.2 Å². The Kier molecular flexibility index (Phi) is 4.95. The highest BCUT2D eigenvalue weighted by molar-refractivity contribution is 6.58. The predicted molar refractivity (Wildman–Crippen MR) is 61.8 cm³/mol. The van der Waals surface area contributed by atoms with E-state index < -0.39 is 7.12 Å². The Bertz CT molecular complexity index is 318. The summed E-state index contributed by atoms with van der Waals surface area (Å²) in [4.78, 5) is 0. The van der Waals surface area contributed by atoms with Gasteiger partial charge in [0, 0.05) is 5.88 Å². The first kappa shape index (κ1) is 12.4. The maximum atomic E-state index is 8.99. The van der Waals surface area contributed by atoms with Crippen molar-refractivity contribution in [1.29, 1.82) is 0 Å². The van der Waals surface area contributed by atoms with Gasteiger partial charge in [0.05, 0.1) is 6.61 Å². The maximum Gasteiger partial charge on any atom is 0.488 e. The minimum Gasteiger partial charge on any atom is -0.493 e. The van der Waals surface area contributed by atoms with Crippen LogP contribution in [0.4, 0.5) is 0 Å². The van der Waals surface area contributed by atoms with Crippen LogP contribution in [0.3, 0.4) is 0 Å². The molecule has 1 aromatic carbocycles. The number of ether oxygens (including phenoxy) is 1. The number of benzene rings is 1. The summed E-state index contributed by atoms with van der Waals surface area (Å²) in [6.45, 7) is 2.44. The van der Waals surface area contributed by atoms with Crippen LogP contribution in [0, 0.1) is 6.92 Å². The first-order chi connectivity index (χ1) is 7.15. The predicted octanol–water partition coefficient (Wildman–Crippen LogP) is 0.683. The Morgan fingerprint density at radius 2 is 2.13 bits per heavy atom. The summed E-state index contributed by atoms with van der Waals surface area (Å²) in [5, 5.41) is 18.0. The Hall–Kier alpha value is -0.705. The lowest BCUT2D eigenvalue weighted by atomic mass is 9.80. The van der Waals surface area contributed by atoms with Crippen LogP contribution < -0.4 is 10.2 Å². The Morgan fingerprint density at radius 3 is 2.73 bits per heavy atom. The minimum atomic E-state index is -1.46. The second-order valence-corrected chi connectivity index (χ2v) is 3.67. The van der Waals surface area contributed by atoms with E-state index in [-0.39, 0.29) is 0 Å². The molecule has 1 aromatic rings. The summed E-state index contributed by atoms with van der Waals surface area (Å²) in [7, 11) is -1.46. The molecule has 0 unspecified atom stereocenters. The molecule has 0 spiro atoms. The number of alkyl halides is 1. The standard InChI is InChI=1S/C10H14BClO3/c1-8-3-4-9(11(13)14)7-10(8)15-6-2-5-12/h3-4,7,13-14H,2,5-6H2,1H3. The van der Waals surface area contributed by atoms with Crippen molar-refractivity contribution in [2.75, 3.05) is 12.5 Å². The van der Waals surface area contributed by atoms with Gasteiger partial charge in [-0.2, -0.15) is 0 Å². The van der Waals surface area contributed by atoms with E-state index in [1.807, 2.05) is 6.92 Å². The van der Waals surface area contributed by atoms with Crippen LogP contribution in [0.2, 0.25) is 0 Å². The smallest absolute Gasteiger partial charge is 0.488 e. The number of aryl methyl sites for hydroxylation is 1. The molecule has 3 nitrogen and oxygen atoms in total. The second-order valence-electron chi connectivity index (χ2n) is 3.29. The van der Waals surface area contributed by atoms with Crippen LogP contribution in [-0.4, -0.2) is 29.7 Å². The maximum absolute atomic E-state index is 8.99. The number of rotatable bonds is 5. The molecule has 5 heteroatoms. The summed E-state index contributed by atoms with van der Waals surface area (Å²) in [6.07, 6.45) is 0.771. The van der Waals surface area contributed by atoms with E-state index in [2.05, 4.69) is 0 Å². The molecule has 1 rings (SSSR count). The highest BCUT2D eigenvalue weighted by Gasteiger charge is 2.12. The fourth-order valence-corrected chi connectivity index (χ4v) is 1.28. The normalized spacial score (nSPS) is 10.1. The fourth-order valence-electron chi connectivity index (χ4n) is 1.17. The Labute approximate surface area is 94.8 Å². The molecule has 0 radical (unpaired) electrons. The van der Waals surface area contributed by atoms with E-state index in [1.165, 1.54) is 0 Å². The molecule has 0 amide bonds. The zero-order chi connectivity index (χ0) is 11.3. The molecule has 0 atom stereocenters. The SMILES string of the molecule is Cc1ccc(B(O)O)cc1OCCCCl. The third-order valence-corrected chi connectivity index (χ3v) is 2.31. The second kappa shape index (κ2) is 6.00. The van der Waals surface area contributed by atoms with E-state index in [0.29, 0.717) is 23.7 Å². The quantitative estimate of drug-likeness (QED) is 0.443. The fraction of sp³-hybridized carbons (Fsp3) is 0.400. The van der Waals surface area contributed by atoms with Crippen molar-refractivity contribution in [3.05, 3.63) is 23.8 Å². The summed E-state index contributed by atoms with van der Waals surface area (Å²) in [5.41, 5.74) is 1.40. The average Bonchev–Trinajstić information content (AvgIpc) is 2.20. The average molecular weight is 228 g/mol. The van der Waals surface area contributed by atoms with Crippen LogP contribution in [0.25, 0.3) is 0 Å². The molecule has 0 bridgehead atoms. The first-order valence-electron chi connectivity index (χ1n) is 4.80. The molecular weight excluding hydrogens is 214 g/mol. The number of hydrogen-bond donors (Lipinski definition) is 2. The van der Waals surface area contributed by atoms with Gasteiger partial charge in [0.25, 0.3) is 0 Å². The number of hydrogen-bond acceptors (Lipinski definition) is 3. The van der Waals surface area contributed by atoms with E-state index in [9.17, 15) is 0 Å². The lowest BCUT2D eigenvalue weighted by Crippen LogP contribution is -2.29. The van der Waals surface area contributed by atoms with Crippen molar-refractivity contribution < 1.29 is 14.8 Å². The highest BCUT2D eigenvalue weighted by Crippen LogP contribution is 2.15. The van der Waals surface area contributed by atoms with Crippen LogP contribution in [-0.2, 0) is 0 Å². The van der Waals surface area contributed by atoms with Crippen molar-refractivity contribution >= 4 is 24.2 Å². The van der Waals surface area contributed by atoms with Gasteiger partial charge in [0.2, 0.25) is 0 Å². The van der Waals surface area contributed by atoms with E-state index in [4.69, 9.17) is 26.4 Å². The van der Waals surface area contributed by atoms with E-state index in [1.54, 1.807) is 18.2 Å². The van der Waals surface area contributed by atoms with Gasteiger partial charge in [-0.1, -0.05) is 12.1 Å². The van der Waals surface area contributed by atoms with Gasteiger partial charge >= 0.3 is 7.12 Å². The van der Waals surface area contributed by atoms with Crippen molar-refractivity contribution in [3.63, 3.8) is 0 Å². The largest absolute Gasteiger partial charge is 0.493 e. The highest BCUT2D eigenvalue weighted by atomic mass is 35.5. The van der Waals surface area contributed by atoms with Crippen molar-refractivity contribution in [3.8, 4) is 5.75 Å². The summed E-state index contributed by atoms with van der Waals surface area (Å²) in [5.74, 6) is 1.23. The molecule has 0 aromatic heterocycles. The molecule has 0 saturated carbocycles. The Morgan fingerprint density at radius 1 is 1.40 bits per heavy atom. The molecule has 0 aliphatic heterocycles. The molecule has 15 heavy (non-hydrogen) atoms. The van der Waals surface area contributed by atoms with Crippen LogP contribution in [0.5, 0.6) is 5.75 Å². The molecule has 0 saturated heterocycles. The molecule has 0 aliphatic rings. The van der Waals surface area contributed by atoms with Crippen LogP contribution >= 0.6 is 11.6 Å². The van der Waals surface area contributed by atoms with Crippen molar-refractivity contribution in [1.82, 2.24) is 0 Å². The zero-order valence-corrected chi connectivity index (χ0v) is 9.37. The summed E-state index contributed by atoms with van der Waals surface area (Å²) in [6, 6.07) is 5.09. The molecule has 0 heterocycles. The third kappa shape index (κ3) is 3.74. The molecule has 0 aliphatic carbocycles. The minimum absolute atomic E-state index is 0.432. The zero-order valence-electron chi connectivity index (χ0n) is 8.61. The molecule has 2 N–H and O–H groups in total. The van der Waals surface area contributed by atoms with Gasteiger partial charge in [0.15, 0.2) is 0 Å². The lowest BCUT2D eigenvalue weighted by molar-refractivity contribution is 0.316. The molecular formula is C10H14BClO3. The first-order valence-corrected chi connectivity index (χ1v) is 5.34. The topological polar surface area (TPSA) is 49.7 Å². The van der Waals surface area contributed by atoms with Crippen LogP contribution in [0.1, 0.15) is 12.0 Å². The molecule has 0 fully saturated rings. The van der Waals surface area contributed by atoms with Gasteiger partial charge in [-0.3, -0.25) is 0 Å². The van der Waals surface area contributed by atoms with Crippen molar-refractivity contribution in [2.45, 2.75) is 13.3 Å².